The fraction of sp³-hybridized carbons (Fsp3) is 1.00. The summed E-state index contributed by atoms with van der Waals surface area (Å²) in [4.78, 5) is 0. The van der Waals surface area contributed by atoms with Gasteiger partial charge in [0, 0.05) is 14.1 Å². The summed E-state index contributed by atoms with van der Waals surface area (Å²) in [5.74, 6) is 0. The molecule has 0 aromatic carbocycles. The van der Waals surface area contributed by atoms with Gasteiger partial charge in [-0.25, -0.2) is 0 Å². The van der Waals surface area contributed by atoms with E-state index in [0.29, 0.717) is 0 Å². The highest BCUT2D eigenvalue weighted by molar-refractivity contribution is 4.48. The normalized spacial score (nSPS) is 27.4. The minimum absolute atomic E-state index is 0.648. The first-order valence-corrected chi connectivity index (χ1v) is 2.38. The summed E-state index contributed by atoms with van der Waals surface area (Å²) in [5.41, 5.74) is 5.34. The zero-order valence-electron chi connectivity index (χ0n) is 4.92. The Morgan fingerprint density at radius 3 is 1.75 bits per heavy atom. The minimum atomic E-state index is -0.648. The molecular formula is C3H10N4O. The molecule has 0 unspecified atom stereocenters. The molecule has 0 spiro atoms. The molecule has 0 amide bonds. The molecule has 8 heavy (non-hydrogen) atoms. The molecule has 0 saturated carbocycles. The van der Waals surface area contributed by atoms with E-state index in [1.807, 2.05) is 0 Å². The van der Waals surface area contributed by atoms with E-state index in [2.05, 4.69) is 10.9 Å². The van der Waals surface area contributed by atoms with Gasteiger partial charge >= 0.3 is 0 Å². The first-order valence-electron chi connectivity index (χ1n) is 2.38. The van der Waals surface area contributed by atoms with Crippen molar-refractivity contribution in [3.8, 4) is 0 Å². The summed E-state index contributed by atoms with van der Waals surface area (Å²) in [6.07, 6.45) is -0.648. The van der Waals surface area contributed by atoms with E-state index in [-0.39, 0.29) is 0 Å². The molecule has 3 N–H and O–H groups in total. The fourth-order valence-corrected chi connectivity index (χ4v) is 0.556. The second-order valence-electron chi connectivity index (χ2n) is 1.71. The number of hydrogen-bond donors (Lipinski definition) is 3. The van der Waals surface area contributed by atoms with Crippen molar-refractivity contribution in [3.63, 3.8) is 0 Å². The maximum Gasteiger partial charge on any atom is 0.188 e. The lowest BCUT2D eigenvalue weighted by atomic mass is 11.0. The Morgan fingerprint density at radius 1 is 1.25 bits per heavy atom. The molecule has 1 aliphatic rings. The van der Waals surface area contributed by atoms with E-state index in [0.717, 1.165) is 0 Å². The predicted molar refractivity (Wildman–Crippen MR) is 27.8 cm³/mol. The third-order valence-electron chi connectivity index (χ3n) is 1.07. The maximum absolute atomic E-state index is 8.76. The van der Waals surface area contributed by atoms with Crippen LogP contribution in [0.5, 0.6) is 0 Å². The molecule has 5 nitrogen and oxygen atoms in total. The van der Waals surface area contributed by atoms with Gasteiger partial charge in [-0.3, -0.25) is 0 Å². The van der Waals surface area contributed by atoms with Crippen molar-refractivity contribution in [1.82, 2.24) is 21.1 Å². The Hall–Kier alpha value is -0.200. The molecule has 1 rings (SSSR count). The summed E-state index contributed by atoms with van der Waals surface area (Å²) >= 11 is 0. The number of rotatable bonds is 0. The lowest BCUT2D eigenvalue weighted by molar-refractivity contribution is 0.0125. The zero-order chi connectivity index (χ0) is 6.15. The second kappa shape index (κ2) is 1.96. The van der Waals surface area contributed by atoms with Gasteiger partial charge in [-0.1, -0.05) is 0 Å². The highest BCUT2D eigenvalue weighted by atomic mass is 16.3. The van der Waals surface area contributed by atoms with E-state index in [4.69, 9.17) is 5.11 Å². The van der Waals surface area contributed by atoms with Crippen molar-refractivity contribution in [1.29, 1.82) is 0 Å². The summed E-state index contributed by atoms with van der Waals surface area (Å²) in [6.45, 7) is 0. The van der Waals surface area contributed by atoms with Gasteiger partial charge in [-0.15, -0.1) is 0 Å². The highest BCUT2D eigenvalue weighted by Crippen LogP contribution is 1.89. The lowest BCUT2D eigenvalue weighted by Gasteiger charge is -2.14. The molecule has 0 aromatic rings. The number of nitrogens with one attached hydrogen (secondary N) is 2. The summed E-state index contributed by atoms with van der Waals surface area (Å²) in [6, 6.07) is 0. The van der Waals surface area contributed by atoms with Crippen molar-refractivity contribution in [3.05, 3.63) is 0 Å². The Morgan fingerprint density at radius 2 is 1.62 bits per heavy atom. The average Bonchev–Trinajstić information content (AvgIpc) is 1.85. The summed E-state index contributed by atoms with van der Waals surface area (Å²) in [5, 5.41) is 12.1. The van der Waals surface area contributed by atoms with Crippen molar-refractivity contribution < 1.29 is 5.11 Å². The third-order valence-corrected chi connectivity index (χ3v) is 1.07. The summed E-state index contributed by atoms with van der Waals surface area (Å²) < 4.78 is 0. The quantitative estimate of drug-likeness (QED) is 0.345. The highest BCUT2D eigenvalue weighted by Gasteiger charge is 2.19. The SMILES string of the molecule is CN1NC(O)NN1C. The fourth-order valence-electron chi connectivity index (χ4n) is 0.556. The van der Waals surface area contributed by atoms with Gasteiger partial charge < -0.3 is 5.11 Å². The van der Waals surface area contributed by atoms with Gasteiger partial charge in [0.05, 0.1) is 0 Å². The first-order chi connectivity index (χ1) is 3.70. The van der Waals surface area contributed by atoms with E-state index < -0.39 is 6.35 Å². The Bertz CT molecular complexity index is 77.4. The molecule has 1 saturated heterocycles. The smallest absolute Gasteiger partial charge is 0.188 e. The van der Waals surface area contributed by atoms with E-state index in [9.17, 15) is 0 Å². The van der Waals surface area contributed by atoms with Crippen LogP contribution in [0.3, 0.4) is 0 Å². The van der Waals surface area contributed by atoms with Gasteiger partial charge in [-0.05, 0) is 0 Å². The number of nitrogens with zero attached hydrogens (tertiary/aromatic N) is 2. The molecule has 0 atom stereocenters. The molecule has 48 valence electrons. The Balaban J connectivity index is 2.39. The topological polar surface area (TPSA) is 50.8 Å². The van der Waals surface area contributed by atoms with Gasteiger partial charge in [0.2, 0.25) is 0 Å². The molecule has 0 aliphatic carbocycles. The number of aliphatic hydroxyl groups is 1. The van der Waals surface area contributed by atoms with E-state index in [1.165, 1.54) is 0 Å². The van der Waals surface area contributed by atoms with Crippen LogP contribution in [0.4, 0.5) is 0 Å². The van der Waals surface area contributed by atoms with Crippen LogP contribution in [-0.4, -0.2) is 35.8 Å². The number of hydrazine groups is 3. The standard InChI is InChI=1S/C3H10N4O/c1-6-4-3(8)5-7(6)2/h3-5,8H,1-2H3. The summed E-state index contributed by atoms with van der Waals surface area (Å²) in [7, 11) is 3.59. The molecule has 1 fully saturated rings. The van der Waals surface area contributed by atoms with Gasteiger partial charge in [0.15, 0.2) is 6.35 Å². The van der Waals surface area contributed by atoms with E-state index in [1.54, 1.807) is 24.3 Å². The molecule has 0 bridgehead atoms. The largest absolute Gasteiger partial charge is 0.363 e. The molecule has 0 radical (unpaired) electrons. The Labute approximate surface area is 47.8 Å². The van der Waals surface area contributed by atoms with Crippen LogP contribution >= 0.6 is 0 Å². The molecule has 0 aromatic heterocycles. The predicted octanol–water partition coefficient (Wildman–Crippen LogP) is -1.94. The van der Waals surface area contributed by atoms with Crippen molar-refractivity contribution in [2.24, 2.45) is 0 Å². The van der Waals surface area contributed by atoms with Crippen molar-refractivity contribution in [2.45, 2.75) is 6.35 Å². The molecule has 1 aliphatic heterocycles. The third kappa shape index (κ3) is 0.960. The molecule has 5 heteroatoms. The first kappa shape index (κ1) is 5.93. The average molecular weight is 118 g/mol. The van der Waals surface area contributed by atoms with Crippen LogP contribution < -0.4 is 10.9 Å². The maximum atomic E-state index is 8.76. The number of aliphatic hydroxyl groups excluding tert-OH is 1. The van der Waals surface area contributed by atoms with E-state index >= 15 is 0 Å². The monoisotopic (exact) mass is 118 g/mol. The van der Waals surface area contributed by atoms with Gasteiger partial charge in [-0.2, -0.15) is 21.1 Å². The zero-order valence-corrected chi connectivity index (χ0v) is 4.92. The van der Waals surface area contributed by atoms with Gasteiger partial charge in [0.1, 0.15) is 0 Å². The van der Waals surface area contributed by atoms with Crippen LogP contribution in [0.1, 0.15) is 0 Å². The van der Waals surface area contributed by atoms with Crippen molar-refractivity contribution in [2.75, 3.05) is 14.1 Å². The van der Waals surface area contributed by atoms with Crippen LogP contribution in [0.2, 0.25) is 0 Å². The minimum Gasteiger partial charge on any atom is -0.363 e. The lowest BCUT2D eigenvalue weighted by Crippen LogP contribution is -2.38. The molecule has 1 heterocycles. The Kier molecular flexibility index (Phi) is 1.45. The van der Waals surface area contributed by atoms with Crippen LogP contribution in [-0.2, 0) is 0 Å². The van der Waals surface area contributed by atoms with Crippen LogP contribution in [0, 0.1) is 0 Å². The van der Waals surface area contributed by atoms with Crippen LogP contribution in [0.25, 0.3) is 0 Å². The van der Waals surface area contributed by atoms with Crippen molar-refractivity contribution >= 4 is 0 Å². The van der Waals surface area contributed by atoms with Gasteiger partial charge in [0.25, 0.3) is 0 Å². The van der Waals surface area contributed by atoms with Crippen LogP contribution in [0.15, 0.2) is 0 Å². The molecular weight excluding hydrogens is 108 g/mol. The number of hydrogen-bond acceptors (Lipinski definition) is 5. The second-order valence-corrected chi connectivity index (χ2v) is 1.71.